The topological polar surface area (TPSA) is 26.0 Å². The van der Waals surface area contributed by atoms with Crippen molar-refractivity contribution in [3.8, 4) is 0 Å². The normalized spacial score (nSPS) is 13.9. The lowest BCUT2D eigenvalue weighted by atomic mass is 10.0. The van der Waals surface area contributed by atoms with Gasteiger partial charge in [-0.25, -0.2) is 4.39 Å². The molecular formula is C9H6Cl2F7N. The van der Waals surface area contributed by atoms with E-state index in [1.54, 1.807) is 0 Å². The van der Waals surface area contributed by atoms with Crippen LogP contribution in [0.5, 0.6) is 0 Å². The highest BCUT2D eigenvalue weighted by molar-refractivity contribution is 6.30. The number of alkyl halides is 6. The van der Waals surface area contributed by atoms with Crippen LogP contribution in [0.4, 0.5) is 30.7 Å². The summed E-state index contributed by atoms with van der Waals surface area (Å²) in [6.07, 6.45) is -10.0. The van der Waals surface area contributed by atoms with Crippen LogP contribution in [0.2, 0.25) is 5.02 Å². The zero-order valence-electron chi connectivity index (χ0n) is 8.74. The van der Waals surface area contributed by atoms with Gasteiger partial charge in [0.2, 0.25) is 0 Å². The standard InChI is InChI=1S/C9H5ClF7N.ClH/c10-5-2-3(8(12,13)14)1-4(6(5)11)7(18)9(15,16)17;/h1-2,7H,18H2;1H/t7-;/m0./s1. The van der Waals surface area contributed by atoms with E-state index in [9.17, 15) is 30.7 Å². The second-order valence-electron chi connectivity index (χ2n) is 3.38. The van der Waals surface area contributed by atoms with Crippen molar-refractivity contribution >= 4 is 24.0 Å². The Hall–Kier alpha value is -0.730. The molecule has 0 aliphatic rings. The molecule has 0 fully saturated rings. The molecule has 0 spiro atoms. The number of hydrogen-bond donors (Lipinski definition) is 1. The van der Waals surface area contributed by atoms with Crippen LogP contribution < -0.4 is 5.73 Å². The van der Waals surface area contributed by atoms with Gasteiger partial charge in [0.1, 0.15) is 11.9 Å². The Morgan fingerprint density at radius 3 is 1.89 bits per heavy atom. The third kappa shape index (κ3) is 4.12. The molecule has 2 N–H and O–H groups in total. The quantitative estimate of drug-likeness (QED) is 0.754. The minimum Gasteiger partial charge on any atom is -0.316 e. The van der Waals surface area contributed by atoms with Gasteiger partial charge in [-0.3, -0.25) is 0 Å². The van der Waals surface area contributed by atoms with E-state index in [1.807, 2.05) is 0 Å². The van der Waals surface area contributed by atoms with Crippen molar-refractivity contribution in [2.24, 2.45) is 5.73 Å². The summed E-state index contributed by atoms with van der Waals surface area (Å²) in [5.41, 5.74) is 1.82. The van der Waals surface area contributed by atoms with Gasteiger partial charge in [0.25, 0.3) is 0 Å². The summed E-state index contributed by atoms with van der Waals surface area (Å²) < 4.78 is 87.1. The fraction of sp³-hybridized carbons (Fsp3) is 0.333. The zero-order chi connectivity index (χ0) is 14.3. The van der Waals surface area contributed by atoms with Crippen LogP contribution in [0.25, 0.3) is 0 Å². The van der Waals surface area contributed by atoms with Crippen LogP contribution >= 0.6 is 24.0 Å². The van der Waals surface area contributed by atoms with Gasteiger partial charge in [0.05, 0.1) is 10.6 Å². The van der Waals surface area contributed by atoms with Crippen LogP contribution in [0.3, 0.4) is 0 Å². The van der Waals surface area contributed by atoms with E-state index < -0.39 is 40.4 Å². The predicted molar refractivity (Wildman–Crippen MR) is 56.6 cm³/mol. The van der Waals surface area contributed by atoms with Crippen LogP contribution in [0, 0.1) is 5.82 Å². The van der Waals surface area contributed by atoms with Crippen LogP contribution in [0.15, 0.2) is 12.1 Å². The lowest BCUT2D eigenvalue weighted by molar-refractivity contribution is -0.150. The first kappa shape index (κ1) is 18.3. The van der Waals surface area contributed by atoms with E-state index in [0.29, 0.717) is 0 Å². The average molecular weight is 332 g/mol. The molecule has 1 aromatic carbocycles. The Balaban J connectivity index is 0.00000324. The summed E-state index contributed by atoms with van der Waals surface area (Å²) in [6, 6.07) is -2.68. The van der Waals surface area contributed by atoms with Crippen molar-refractivity contribution in [3.05, 3.63) is 34.1 Å². The largest absolute Gasteiger partial charge is 0.416 e. The first-order valence-electron chi connectivity index (χ1n) is 4.33. The summed E-state index contributed by atoms with van der Waals surface area (Å²) in [6.45, 7) is 0. The van der Waals surface area contributed by atoms with Crippen molar-refractivity contribution in [1.82, 2.24) is 0 Å². The maximum absolute atomic E-state index is 13.3. The molecule has 0 aromatic heterocycles. The van der Waals surface area contributed by atoms with Crippen LogP contribution in [0.1, 0.15) is 17.2 Å². The summed E-state index contributed by atoms with van der Waals surface area (Å²) in [5, 5.41) is -1.07. The first-order chi connectivity index (χ1) is 7.94. The molecule has 0 heterocycles. The monoisotopic (exact) mass is 331 g/mol. The predicted octanol–water partition coefficient (Wildman–Crippen LogP) is 4.48. The highest BCUT2D eigenvalue weighted by Gasteiger charge is 2.41. The summed E-state index contributed by atoms with van der Waals surface area (Å²) in [4.78, 5) is 0. The Kier molecular flexibility index (Phi) is 5.50. The molecule has 0 radical (unpaired) electrons. The van der Waals surface area contributed by atoms with Crippen LogP contribution in [-0.4, -0.2) is 6.18 Å². The summed E-state index contributed by atoms with van der Waals surface area (Å²) in [5.74, 6) is -1.62. The van der Waals surface area contributed by atoms with Crippen molar-refractivity contribution in [2.75, 3.05) is 0 Å². The van der Waals surface area contributed by atoms with Gasteiger partial charge in [0, 0.05) is 5.56 Å². The van der Waals surface area contributed by atoms with Crippen molar-refractivity contribution < 1.29 is 30.7 Å². The second-order valence-corrected chi connectivity index (χ2v) is 3.79. The van der Waals surface area contributed by atoms with Gasteiger partial charge in [-0.1, -0.05) is 11.6 Å². The molecular weight excluding hydrogens is 326 g/mol. The molecule has 0 saturated carbocycles. The van der Waals surface area contributed by atoms with Gasteiger partial charge >= 0.3 is 12.4 Å². The molecule has 0 bridgehead atoms. The number of nitrogens with two attached hydrogens (primary N) is 1. The van der Waals surface area contributed by atoms with Gasteiger partial charge in [-0.15, -0.1) is 12.4 Å². The minimum absolute atomic E-state index is 0. The van der Waals surface area contributed by atoms with Gasteiger partial charge in [-0.05, 0) is 12.1 Å². The Morgan fingerprint density at radius 1 is 1.05 bits per heavy atom. The first-order valence-corrected chi connectivity index (χ1v) is 4.71. The summed E-state index contributed by atoms with van der Waals surface area (Å²) >= 11 is 5.12. The van der Waals surface area contributed by atoms with E-state index in [1.165, 1.54) is 0 Å². The highest BCUT2D eigenvalue weighted by atomic mass is 35.5. The SMILES string of the molecule is Cl.N[C@@H](c1cc(C(F)(F)F)cc(Cl)c1F)C(F)(F)F. The van der Waals surface area contributed by atoms with Crippen LogP contribution in [-0.2, 0) is 6.18 Å². The number of halogens is 9. The minimum atomic E-state index is -5.08. The van der Waals surface area contributed by atoms with E-state index in [0.717, 1.165) is 0 Å². The lowest BCUT2D eigenvalue weighted by Crippen LogP contribution is -2.29. The number of hydrogen-bond acceptors (Lipinski definition) is 1. The molecule has 19 heavy (non-hydrogen) atoms. The molecule has 110 valence electrons. The van der Waals surface area contributed by atoms with Gasteiger partial charge < -0.3 is 5.73 Å². The van der Waals surface area contributed by atoms with E-state index in [-0.39, 0.29) is 24.5 Å². The molecule has 0 amide bonds. The smallest absolute Gasteiger partial charge is 0.316 e. The number of rotatable bonds is 1. The van der Waals surface area contributed by atoms with E-state index in [2.05, 4.69) is 5.73 Å². The van der Waals surface area contributed by atoms with Crippen molar-refractivity contribution in [2.45, 2.75) is 18.4 Å². The average Bonchev–Trinajstić information content (AvgIpc) is 2.17. The lowest BCUT2D eigenvalue weighted by Gasteiger charge is -2.18. The van der Waals surface area contributed by atoms with E-state index >= 15 is 0 Å². The van der Waals surface area contributed by atoms with Crippen molar-refractivity contribution in [1.29, 1.82) is 0 Å². The maximum Gasteiger partial charge on any atom is 0.416 e. The summed E-state index contributed by atoms with van der Waals surface area (Å²) in [7, 11) is 0. The Labute approximate surface area is 113 Å². The molecule has 1 nitrogen and oxygen atoms in total. The maximum atomic E-state index is 13.3. The Morgan fingerprint density at radius 2 is 1.53 bits per heavy atom. The zero-order valence-corrected chi connectivity index (χ0v) is 10.3. The molecule has 1 aromatic rings. The third-order valence-corrected chi connectivity index (χ3v) is 2.35. The van der Waals surface area contributed by atoms with Crippen molar-refractivity contribution in [3.63, 3.8) is 0 Å². The van der Waals surface area contributed by atoms with Gasteiger partial charge in [-0.2, -0.15) is 26.3 Å². The molecule has 0 aliphatic carbocycles. The fourth-order valence-electron chi connectivity index (χ4n) is 1.18. The van der Waals surface area contributed by atoms with E-state index in [4.69, 9.17) is 11.6 Å². The van der Waals surface area contributed by atoms with Gasteiger partial charge in [0.15, 0.2) is 0 Å². The molecule has 0 aliphatic heterocycles. The molecule has 10 heteroatoms. The molecule has 0 unspecified atom stereocenters. The Bertz CT molecular complexity index is 455. The molecule has 1 atom stereocenters. The molecule has 1 rings (SSSR count). The molecule has 0 saturated heterocycles. The second kappa shape index (κ2) is 5.72. The third-order valence-electron chi connectivity index (χ3n) is 2.07. The fourth-order valence-corrected chi connectivity index (χ4v) is 1.40. The number of benzene rings is 1. The highest BCUT2D eigenvalue weighted by Crippen LogP contribution is 2.38.